The van der Waals surface area contributed by atoms with Gasteiger partial charge in [0.15, 0.2) is 9.84 Å². The highest BCUT2D eigenvalue weighted by molar-refractivity contribution is 9.11. The van der Waals surface area contributed by atoms with Crippen molar-refractivity contribution in [1.82, 2.24) is 0 Å². The second kappa shape index (κ2) is 5.54. The van der Waals surface area contributed by atoms with Crippen LogP contribution in [0.15, 0.2) is 50.2 Å². The molecule has 0 saturated carbocycles. The quantitative estimate of drug-likeness (QED) is 0.646. The fraction of sp³-hybridized carbons (Fsp3) is 0.0667. The molecule has 0 aliphatic carbocycles. The van der Waals surface area contributed by atoms with Crippen LogP contribution in [0.1, 0.15) is 20.7 Å². The van der Waals surface area contributed by atoms with Gasteiger partial charge in [0.2, 0.25) is 0 Å². The van der Waals surface area contributed by atoms with Crippen LogP contribution in [-0.2, 0) is 9.84 Å². The van der Waals surface area contributed by atoms with Gasteiger partial charge in [-0.05, 0) is 56.1 Å². The van der Waals surface area contributed by atoms with Crippen LogP contribution in [0, 0.1) is 0 Å². The van der Waals surface area contributed by atoms with Gasteiger partial charge in [0, 0.05) is 15.2 Å². The van der Waals surface area contributed by atoms with E-state index in [1.165, 1.54) is 12.1 Å². The lowest BCUT2D eigenvalue weighted by Crippen LogP contribution is -2.30. The predicted octanol–water partition coefficient (Wildman–Crippen LogP) is 3.42. The first kappa shape index (κ1) is 16.4. The van der Waals surface area contributed by atoms with Crippen molar-refractivity contribution < 1.29 is 18.0 Å². The fourth-order valence-corrected chi connectivity index (χ4v) is 4.87. The van der Waals surface area contributed by atoms with Gasteiger partial charge in [0.1, 0.15) is 0 Å². The second-order valence-corrected chi connectivity index (χ2v) is 8.72. The van der Waals surface area contributed by atoms with Gasteiger partial charge in [-0.25, -0.2) is 13.3 Å². The monoisotopic (exact) mass is 457 g/mol. The van der Waals surface area contributed by atoms with Crippen LogP contribution in [0.25, 0.3) is 0 Å². The molecule has 3 rings (SSSR count). The Morgan fingerprint density at radius 1 is 0.913 bits per heavy atom. The molecular weight excluding hydrogens is 450 g/mol. The Morgan fingerprint density at radius 2 is 1.35 bits per heavy atom. The van der Waals surface area contributed by atoms with E-state index >= 15 is 0 Å². The number of anilines is 1. The Bertz CT molecular complexity index is 911. The number of sulfone groups is 1. The third-order valence-corrected chi connectivity index (χ3v) is 5.74. The second-order valence-electron chi connectivity index (χ2n) is 5.00. The standard InChI is InChI=1S/C15H9Br2NO4S/c1-23(21,22)8-6-11(16)13(12(17)7-8)18-14(19)9-4-2-3-5-10(9)15(18)20/h2-7H,1H3. The van der Waals surface area contributed by atoms with E-state index in [4.69, 9.17) is 0 Å². The Hall–Kier alpha value is -1.51. The summed E-state index contributed by atoms with van der Waals surface area (Å²) in [6, 6.07) is 9.29. The molecule has 0 bridgehead atoms. The molecule has 0 radical (unpaired) electrons. The van der Waals surface area contributed by atoms with E-state index in [1.807, 2.05) is 0 Å². The van der Waals surface area contributed by atoms with Crippen molar-refractivity contribution in [3.8, 4) is 0 Å². The summed E-state index contributed by atoms with van der Waals surface area (Å²) in [7, 11) is -3.42. The number of carbonyl (C=O) groups is 2. The van der Waals surface area contributed by atoms with Gasteiger partial charge in [-0.15, -0.1) is 0 Å². The minimum absolute atomic E-state index is 0.0802. The Morgan fingerprint density at radius 3 is 1.74 bits per heavy atom. The summed E-state index contributed by atoms with van der Waals surface area (Å²) < 4.78 is 24.0. The van der Waals surface area contributed by atoms with Gasteiger partial charge in [0.05, 0.1) is 21.7 Å². The summed E-state index contributed by atoms with van der Waals surface area (Å²) >= 11 is 6.52. The van der Waals surface area contributed by atoms with Gasteiger partial charge >= 0.3 is 0 Å². The first-order valence-electron chi connectivity index (χ1n) is 6.38. The summed E-state index contributed by atoms with van der Waals surface area (Å²) in [5.41, 5.74) is 0.926. The van der Waals surface area contributed by atoms with Crippen LogP contribution in [0.2, 0.25) is 0 Å². The highest BCUT2D eigenvalue weighted by Crippen LogP contribution is 2.40. The molecule has 118 valence electrons. The van der Waals surface area contributed by atoms with E-state index < -0.39 is 21.7 Å². The molecular formula is C15H9Br2NO4S. The summed E-state index contributed by atoms with van der Waals surface area (Å²) in [4.78, 5) is 26.2. The Kier molecular flexibility index (Phi) is 3.94. The normalized spacial score (nSPS) is 14.3. The molecule has 8 heteroatoms. The molecule has 0 atom stereocenters. The first-order valence-corrected chi connectivity index (χ1v) is 9.86. The van der Waals surface area contributed by atoms with Crippen molar-refractivity contribution in [2.75, 3.05) is 11.2 Å². The van der Waals surface area contributed by atoms with Crippen molar-refractivity contribution in [1.29, 1.82) is 0 Å². The van der Waals surface area contributed by atoms with Crippen molar-refractivity contribution in [3.63, 3.8) is 0 Å². The number of rotatable bonds is 2. The number of hydrogen-bond donors (Lipinski definition) is 0. The number of imide groups is 1. The van der Waals surface area contributed by atoms with Gasteiger partial charge in [-0.1, -0.05) is 12.1 Å². The molecule has 23 heavy (non-hydrogen) atoms. The lowest BCUT2D eigenvalue weighted by molar-refractivity contribution is 0.0925. The van der Waals surface area contributed by atoms with Crippen LogP contribution >= 0.6 is 31.9 Å². The average Bonchev–Trinajstić information content (AvgIpc) is 2.71. The number of hydrogen-bond acceptors (Lipinski definition) is 4. The summed E-state index contributed by atoms with van der Waals surface area (Å²) in [6.07, 6.45) is 1.09. The van der Waals surface area contributed by atoms with Crippen LogP contribution in [0.3, 0.4) is 0 Å². The van der Waals surface area contributed by atoms with E-state index in [2.05, 4.69) is 31.9 Å². The number of fused-ring (bicyclic) bond motifs is 1. The van der Waals surface area contributed by atoms with Crippen LogP contribution < -0.4 is 4.90 Å². The molecule has 2 aromatic rings. The fourth-order valence-electron chi connectivity index (χ4n) is 2.36. The topological polar surface area (TPSA) is 71.5 Å². The van der Waals surface area contributed by atoms with E-state index in [0.717, 1.165) is 11.2 Å². The minimum atomic E-state index is -3.42. The number of nitrogens with zero attached hydrogens (tertiary/aromatic N) is 1. The zero-order valence-corrected chi connectivity index (χ0v) is 15.7. The number of benzene rings is 2. The number of halogens is 2. The molecule has 1 heterocycles. The third-order valence-electron chi connectivity index (χ3n) is 3.44. The number of amides is 2. The zero-order valence-electron chi connectivity index (χ0n) is 11.7. The third kappa shape index (κ3) is 2.64. The average molecular weight is 459 g/mol. The van der Waals surface area contributed by atoms with Crippen molar-refractivity contribution in [2.24, 2.45) is 0 Å². The Balaban J connectivity index is 2.18. The molecule has 2 amide bonds. The molecule has 0 fully saturated rings. The SMILES string of the molecule is CS(=O)(=O)c1cc(Br)c(N2C(=O)c3ccccc3C2=O)c(Br)c1. The van der Waals surface area contributed by atoms with Crippen molar-refractivity contribution in [3.05, 3.63) is 56.5 Å². The lowest BCUT2D eigenvalue weighted by Gasteiger charge is -2.18. The maximum atomic E-state index is 12.5. The van der Waals surface area contributed by atoms with Gasteiger partial charge in [-0.2, -0.15) is 0 Å². The van der Waals surface area contributed by atoms with Crippen molar-refractivity contribution >= 4 is 59.2 Å². The summed E-state index contributed by atoms with van der Waals surface area (Å²) in [6.45, 7) is 0. The van der Waals surface area contributed by atoms with Crippen LogP contribution in [0.4, 0.5) is 5.69 Å². The lowest BCUT2D eigenvalue weighted by atomic mass is 10.1. The molecule has 1 aliphatic heterocycles. The number of carbonyl (C=O) groups excluding carboxylic acids is 2. The van der Waals surface area contributed by atoms with E-state index in [1.54, 1.807) is 24.3 Å². The maximum absolute atomic E-state index is 12.5. The molecule has 1 aliphatic rings. The molecule has 0 N–H and O–H groups in total. The largest absolute Gasteiger partial charge is 0.268 e. The van der Waals surface area contributed by atoms with E-state index in [-0.39, 0.29) is 10.6 Å². The van der Waals surface area contributed by atoms with E-state index in [9.17, 15) is 18.0 Å². The van der Waals surface area contributed by atoms with Crippen LogP contribution in [-0.4, -0.2) is 26.5 Å². The molecule has 5 nitrogen and oxygen atoms in total. The minimum Gasteiger partial charge on any atom is -0.268 e. The predicted molar refractivity (Wildman–Crippen MR) is 92.5 cm³/mol. The molecule has 0 saturated heterocycles. The van der Waals surface area contributed by atoms with E-state index in [0.29, 0.717) is 20.1 Å². The van der Waals surface area contributed by atoms with Crippen molar-refractivity contribution in [2.45, 2.75) is 4.90 Å². The molecule has 0 aromatic heterocycles. The van der Waals surface area contributed by atoms with Crippen LogP contribution in [0.5, 0.6) is 0 Å². The first-order chi connectivity index (χ1) is 10.7. The summed E-state index contributed by atoms with van der Waals surface area (Å²) in [5, 5.41) is 0. The molecule has 0 unspecified atom stereocenters. The Labute approximate surface area is 149 Å². The highest BCUT2D eigenvalue weighted by atomic mass is 79.9. The molecule has 0 spiro atoms. The zero-order chi connectivity index (χ0) is 16.9. The maximum Gasteiger partial charge on any atom is 0.266 e. The smallest absolute Gasteiger partial charge is 0.266 e. The van der Waals surface area contributed by atoms with Gasteiger partial charge in [0.25, 0.3) is 11.8 Å². The highest BCUT2D eigenvalue weighted by Gasteiger charge is 2.38. The summed E-state index contributed by atoms with van der Waals surface area (Å²) in [5.74, 6) is -0.891. The van der Waals surface area contributed by atoms with Gasteiger partial charge < -0.3 is 0 Å². The van der Waals surface area contributed by atoms with Gasteiger partial charge in [-0.3, -0.25) is 9.59 Å². The molecule has 2 aromatic carbocycles.